The third-order valence-corrected chi connectivity index (χ3v) is 6.63. The summed E-state index contributed by atoms with van der Waals surface area (Å²) in [7, 11) is -1.64. The lowest BCUT2D eigenvalue weighted by Crippen LogP contribution is -2.44. The van der Waals surface area contributed by atoms with Crippen molar-refractivity contribution in [3.63, 3.8) is 0 Å². The van der Waals surface area contributed by atoms with Gasteiger partial charge in [0.15, 0.2) is 0 Å². The molecule has 1 aromatic rings. The van der Waals surface area contributed by atoms with Crippen molar-refractivity contribution in [1.29, 1.82) is 0 Å². The standard InChI is InChI=1S/C19H30N4O5S/c1-15(2)22(3)18(24)17-6-4-16(5-7-17)14-21-19(25)20-8-13-29(26,27)23-9-11-28-12-10-23/h4-7,15H,8-14H2,1-3H3,(H2,20,21,25). The molecule has 0 atom stereocenters. The SMILES string of the molecule is CC(C)N(C)C(=O)c1ccc(CNC(=O)NCCS(=O)(=O)N2CCOCC2)cc1. The van der Waals surface area contributed by atoms with Crippen LogP contribution in [0.25, 0.3) is 0 Å². The summed E-state index contributed by atoms with van der Waals surface area (Å²) in [6.07, 6.45) is 0. The summed E-state index contributed by atoms with van der Waals surface area (Å²) in [6.45, 7) is 5.68. The molecule has 2 rings (SSSR count). The third kappa shape index (κ3) is 6.98. The van der Waals surface area contributed by atoms with Crippen molar-refractivity contribution in [2.24, 2.45) is 0 Å². The molecule has 0 radical (unpaired) electrons. The maximum atomic E-state index is 12.3. The molecule has 1 aliphatic heterocycles. The van der Waals surface area contributed by atoms with Gasteiger partial charge in [-0.25, -0.2) is 13.2 Å². The molecule has 0 aliphatic carbocycles. The topological polar surface area (TPSA) is 108 Å². The summed E-state index contributed by atoms with van der Waals surface area (Å²) in [6, 6.07) is 6.69. The van der Waals surface area contributed by atoms with Gasteiger partial charge in [0, 0.05) is 44.8 Å². The summed E-state index contributed by atoms with van der Waals surface area (Å²) < 4.78 is 30.9. The van der Waals surface area contributed by atoms with Crippen LogP contribution < -0.4 is 10.6 Å². The Morgan fingerprint density at radius 1 is 1.14 bits per heavy atom. The van der Waals surface area contributed by atoms with Crippen LogP contribution in [0, 0.1) is 0 Å². The zero-order valence-electron chi connectivity index (χ0n) is 17.2. The number of hydrogen-bond donors (Lipinski definition) is 2. The number of hydrogen-bond acceptors (Lipinski definition) is 5. The number of benzene rings is 1. The molecule has 1 fully saturated rings. The number of carbonyl (C=O) groups excluding carboxylic acids is 2. The Morgan fingerprint density at radius 3 is 2.34 bits per heavy atom. The van der Waals surface area contributed by atoms with Crippen LogP contribution in [0.5, 0.6) is 0 Å². The summed E-state index contributed by atoms with van der Waals surface area (Å²) in [5, 5.41) is 5.24. The molecule has 9 nitrogen and oxygen atoms in total. The molecule has 1 saturated heterocycles. The van der Waals surface area contributed by atoms with E-state index >= 15 is 0 Å². The summed E-state index contributed by atoms with van der Waals surface area (Å²) in [5.41, 5.74) is 1.42. The Kier molecular flexibility index (Phi) is 8.42. The monoisotopic (exact) mass is 426 g/mol. The number of sulfonamides is 1. The number of rotatable bonds is 8. The molecule has 2 N–H and O–H groups in total. The Morgan fingerprint density at radius 2 is 1.76 bits per heavy atom. The normalized spacial score (nSPS) is 15.2. The first kappa shape index (κ1) is 23.1. The molecule has 0 spiro atoms. The average molecular weight is 427 g/mol. The fourth-order valence-electron chi connectivity index (χ4n) is 2.70. The predicted octanol–water partition coefficient (Wildman–Crippen LogP) is 0.628. The Hall–Kier alpha value is -2.17. The van der Waals surface area contributed by atoms with E-state index in [9.17, 15) is 18.0 Å². The van der Waals surface area contributed by atoms with Gasteiger partial charge in [0.1, 0.15) is 0 Å². The molecule has 10 heteroatoms. The number of nitrogens with one attached hydrogen (secondary N) is 2. The highest BCUT2D eigenvalue weighted by Crippen LogP contribution is 2.09. The van der Waals surface area contributed by atoms with Gasteiger partial charge in [0.25, 0.3) is 5.91 Å². The van der Waals surface area contributed by atoms with Gasteiger partial charge < -0.3 is 20.3 Å². The molecule has 1 aromatic carbocycles. The molecule has 1 heterocycles. The Labute approximate surface area is 172 Å². The lowest BCUT2D eigenvalue weighted by Gasteiger charge is -2.26. The largest absolute Gasteiger partial charge is 0.379 e. The second-order valence-electron chi connectivity index (χ2n) is 7.14. The molecule has 29 heavy (non-hydrogen) atoms. The maximum absolute atomic E-state index is 12.3. The zero-order chi connectivity index (χ0) is 21.4. The van der Waals surface area contributed by atoms with Crippen LogP contribution in [0.3, 0.4) is 0 Å². The number of ether oxygens (including phenoxy) is 1. The second-order valence-corrected chi connectivity index (χ2v) is 9.23. The van der Waals surface area contributed by atoms with E-state index in [2.05, 4.69) is 10.6 Å². The number of carbonyl (C=O) groups is 2. The quantitative estimate of drug-likeness (QED) is 0.634. The van der Waals surface area contributed by atoms with Crippen molar-refractivity contribution in [3.8, 4) is 0 Å². The van der Waals surface area contributed by atoms with Gasteiger partial charge in [0.05, 0.1) is 19.0 Å². The van der Waals surface area contributed by atoms with Crippen molar-refractivity contribution >= 4 is 22.0 Å². The zero-order valence-corrected chi connectivity index (χ0v) is 18.0. The molecule has 0 unspecified atom stereocenters. The highest BCUT2D eigenvalue weighted by atomic mass is 32.2. The summed E-state index contributed by atoms with van der Waals surface area (Å²) in [5.74, 6) is -0.209. The highest BCUT2D eigenvalue weighted by molar-refractivity contribution is 7.89. The molecule has 0 bridgehead atoms. The maximum Gasteiger partial charge on any atom is 0.315 e. The van der Waals surface area contributed by atoms with Crippen LogP contribution in [0.2, 0.25) is 0 Å². The minimum Gasteiger partial charge on any atom is -0.379 e. The van der Waals surface area contributed by atoms with Crippen LogP contribution in [0.1, 0.15) is 29.8 Å². The highest BCUT2D eigenvalue weighted by Gasteiger charge is 2.23. The molecular formula is C19H30N4O5S. The smallest absolute Gasteiger partial charge is 0.315 e. The number of morpholine rings is 1. The van der Waals surface area contributed by atoms with E-state index in [1.54, 1.807) is 36.2 Å². The van der Waals surface area contributed by atoms with Crippen molar-refractivity contribution in [2.75, 3.05) is 45.6 Å². The Balaban J connectivity index is 1.74. The summed E-state index contributed by atoms with van der Waals surface area (Å²) in [4.78, 5) is 25.8. The van der Waals surface area contributed by atoms with Gasteiger partial charge in [-0.3, -0.25) is 4.79 Å². The van der Waals surface area contributed by atoms with Crippen LogP contribution in [-0.4, -0.2) is 81.3 Å². The number of urea groups is 1. The van der Waals surface area contributed by atoms with Gasteiger partial charge in [-0.15, -0.1) is 0 Å². The van der Waals surface area contributed by atoms with Crippen LogP contribution in [0.4, 0.5) is 4.79 Å². The molecule has 162 valence electrons. The van der Waals surface area contributed by atoms with Crippen molar-refractivity contribution in [1.82, 2.24) is 19.8 Å². The molecule has 0 saturated carbocycles. The van der Waals surface area contributed by atoms with E-state index in [-0.39, 0.29) is 30.8 Å². The lowest BCUT2D eigenvalue weighted by molar-refractivity contribution is 0.0730. The molecule has 0 aromatic heterocycles. The second kappa shape index (κ2) is 10.6. The fraction of sp³-hybridized carbons (Fsp3) is 0.579. The van der Waals surface area contributed by atoms with E-state index in [0.29, 0.717) is 31.9 Å². The van der Waals surface area contributed by atoms with Gasteiger partial charge in [-0.1, -0.05) is 12.1 Å². The lowest BCUT2D eigenvalue weighted by atomic mass is 10.1. The average Bonchev–Trinajstić information content (AvgIpc) is 2.72. The van der Waals surface area contributed by atoms with Crippen LogP contribution in [-0.2, 0) is 21.3 Å². The fourth-order valence-corrected chi connectivity index (χ4v) is 4.02. The van der Waals surface area contributed by atoms with Crippen molar-refractivity contribution in [3.05, 3.63) is 35.4 Å². The first-order valence-corrected chi connectivity index (χ1v) is 11.2. The number of amides is 3. The van der Waals surface area contributed by atoms with Crippen LogP contribution in [0.15, 0.2) is 24.3 Å². The van der Waals surface area contributed by atoms with Crippen molar-refractivity contribution in [2.45, 2.75) is 26.4 Å². The molecule has 3 amide bonds. The van der Waals surface area contributed by atoms with E-state index in [0.717, 1.165) is 5.56 Å². The summed E-state index contributed by atoms with van der Waals surface area (Å²) >= 11 is 0. The van der Waals surface area contributed by atoms with Crippen molar-refractivity contribution < 1.29 is 22.7 Å². The van der Waals surface area contributed by atoms with Gasteiger partial charge in [-0.05, 0) is 31.5 Å². The predicted molar refractivity (Wildman–Crippen MR) is 110 cm³/mol. The molecular weight excluding hydrogens is 396 g/mol. The van der Waals surface area contributed by atoms with Crippen LogP contribution >= 0.6 is 0 Å². The van der Waals surface area contributed by atoms with E-state index < -0.39 is 16.1 Å². The van der Waals surface area contributed by atoms with E-state index in [1.807, 2.05) is 13.8 Å². The number of nitrogens with zero attached hydrogens (tertiary/aromatic N) is 2. The van der Waals surface area contributed by atoms with E-state index in [1.165, 1.54) is 4.31 Å². The third-order valence-electron chi connectivity index (χ3n) is 4.76. The van der Waals surface area contributed by atoms with Gasteiger partial charge in [-0.2, -0.15) is 4.31 Å². The minimum atomic E-state index is -3.40. The Bertz CT molecular complexity index is 789. The molecule has 1 aliphatic rings. The first-order valence-electron chi connectivity index (χ1n) is 9.64. The first-order chi connectivity index (χ1) is 13.7. The van der Waals surface area contributed by atoms with E-state index in [4.69, 9.17) is 4.74 Å². The van der Waals surface area contributed by atoms with Gasteiger partial charge >= 0.3 is 6.03 Å². The van der Waals surface area contributed by atoms with Gasteiger partial charge in [0.2, 0.25) is 10.0 Å². The minimum absolute atomic E-state index is 0.0283.